The molecule has 1 unspecified atom stereocenters. The number of carbonyl (C=O) groups is 2. The molecule has 176 valence electrons. The van der Waals surface area contributed by atoms with Crippen molar-refractivity contribution >= 4 is 17.6 Å². The number of pyridine rings is 2. The summed E-state index contributed by atoms with van der Waals surface area (Å²) < 4.78 is 5.46. The van der Waals surface area contributed by atoms with Gasteiger partial charge >= 0.3 is 5.97 Å². The minimum Gasteiger partial charge on any atom is -0.462 e. The number of benzene rings is 2. The Hall–Kier alpha value is -4.36. The molecule has 2 aromatic heterocycles. The summed E-state index contributed by atoms with van der Waals surface area (Å²) in [6.45, 7) is 2.11. The van der Waals surface area contributed by atoms with Gasteiger partial charge in [0.1, 0.15) is 0 Å². The molecule has 7 nitrogen and oxygen atoms in total. The van der Waals surface area contributed by atoms with Crippen LogP contribution in [0.1, 0.15) is 44.9 Å². The lowest BCUT2D eigenvalue weighted by atomic mass is 9.92. The molecule has 3 N–H and O–H groups in total. The van der Waals surface area contributed by atoms with Crippen LogP contribution in [0.5, 0.6) is 0 Å². The fraction of sp³-hybridized carbons (Fsp3) is 0.143. The number of nitrogens with zero attached hydrogens (tertiary/aromatic N) is 2. The average Bonchev–Trinajstić information content (AvgIpc) is 2.89. The van der Waals surface area contributed by atoms with Crippen LogP contribution in [-0.4, -0.2) is 28.5 Å². The zero-order valence-electron chi connectivity index (χ0n) is 19.3. The molecule has 0 spiro atoms. The van der Waals surface area contributed by atoms with E-state index >= 15 is 0 Å². The van der Waals surface area contributed by atoms with Crippen molar-refractivity contribution in [2.75, 3.05) is 11.9 Å². The first-order valence-electron chi connectivity index (χ1n) is 11.3. The van der Waals surface area contributed by atoms with E-state index in [-0.39, 0.29) is 18.6 Å². The molecule has 35 heavy (non-hydrogen) atoms. The van der Waals surface area contributed by atoms with Crippen LogP contribution in [0, 0.1) is 0 Å². The van der Waals surface area contributed by atoms with Gasteiger partial charge in [0, 0.05) is 48.0 Å². The third-order valence-electron chi connectivity index (χ3n) is 5.47. The third kappa shape index (κ3) is 6.16. The van der Waals surface area contributed by atoms with Gasteiger partial charge in [-0.3, -0.25) is 14.8 Å². The molecule has 0 aliphatic heterocycles. The van der Waals surface area contributed by atoms with E-state index in [2.05, 4.69) is 15.3 Å². The summed E-state index contributed by atoms with van der Waals surface area (Å²) in [5.74, 6) is -0.671. The molecule has 0 saturated carbocycles. The number of ether oxygens (including phenoxy) is 1. The number of amides is 1. The smallest absolute Gasteiger partial charge is 0.338 e. The minimum atomic E-state index is -0.420. The number of nitrogens with one attached hydrogen (secondary N) is 1. The van der Waals surface area contributed by atoms with Crippen LogP contribution in [0.25, 0.3) is 11.1 Å². The van der Waals surface area contributed by atoms with Crippen LogP contribution in [0.4, 0.5) is 5.69 Å². The molecule has 4 aromatic rings. The van der Waals surface area contributed by atoms with Crippen LogP contribution < -0.4 is 11.1 Å². The summed E-state index contributed by atoms with van der Waals surface area (Å²) in [5, 5.41) is 2.86. The van der Waals surface area contributed by atoms with Gasteiger partial charge in [-0.05, 0) is 72.1 Å². The predicted molar refractivity (Wildman–Crippen MR) is 135 cm³/mol. The molecule has 0 radical (unpaired) electrons. The zero-order valence-corrected chi connectivity index (χ0v) is 19.3. The standard InChI is InChI=1S/C28H26N4O3/c1-19(29)25-9-8-21(27(33)32-24-10-14-30-15-11-24)18-26(25)20-5-4-6-22(17-20)28(34)35-16-12-23-7-2-3-13-31-23/h2-11,13-15,17-19H,12,16,29H2,1H3,(H,30,32,33). The summed E-state index contributed by atoms with van der Waals surface area (Å²) in [6, 6.07) is 21.3. The van der Waals surface area contributed by atoms with Gasteiger partial charge in [0.25, 0.3) is 5.91 Å². The van der Waals surface area contributed by atoms with Gasteiger partial charge in [0.2, 0.25) is 0 Å². The van der Waals surface area contributed by atoms with Crippen LogP contribution in [0.3, 0.4) is 0 Å². The predicted octanol–water partition coefficient (Wildman–Crippen LogP) is 4.82. The molecule has 0 aliphatic carbocycles. The monoisotopic (exact) mass is 466 g/mol. The molecule has 0 fully saturated rings. The van der Waals surface area contributed by atoms with E-state index in [0.717, 1.165) is 22.4 Å². The highest BCUT2D eigenvalue weighted by Gasteiger charge is 2.16. The minimum absolute atomic E-state index is 0.232. The Morgan fingerprint density at radius 2 is 1.77 bits per heavy atom. The van der Waals surface area contributed by atoms with Gasteiger partial charge in [-0.2, -0.15) is 0 Å². The van der Waals surface area contributed by atoms with Gasteiger partial charge in [-0.25, -0.2) is 4.79 Å². The molecule has 1 atom stereocenters. The largest absolute Gasteiger partial charge is 0.462 e. The summed E-state index contributed by atoms with van der Waals surface area (Å²) in [6.07, 6.45) is 5.47. The number of hydrogen-bond acceptors (Lipinski definition) is 6. The van der Waals surface area contributed by atoms with Crippen molar-refractivity contribution in [1.29, 1.82) is 0 Å². The fourth-order valence-electron chi connectivity index (χ4n) is 3.67. The fourth-order valence-corrected chi connectivity index (χ4v) is 3.67. The summed E-state index contributed by atoms with van der Waals surface area (Å²) in [7, 11) is 0. The van der Waals surface area contributed by atoms with E-state index in [4.69, 9.17) is 10.5 Å². The highest BCUT2D eigenvalue weighted by atomic mass is 16.5. The van der Waals surface area contributed by atoms with Crippen molar-refractivity contribution in [2.45, 2.75) is 19.4 Å². The molecular formula is C28H26N4O3. The lowest BCUT2D eigenvalue weighted by Gasteiger charge is -2.16. The normalized spacial score (nSPS) is 11.5. The summed E-state index contributed by atoms with van der Waals surface area (Å²) in [4.78, 5) is 33.7. The SMILES string of the molecule is CC(N)c1ccc(C(=O)Nc2ccncc2)cc1-c1cccc(C(=O)OCCc2ccccn2)c1. The van der Waals surface area contributed by atoms with Crippen molar-refractivity contribution in [1.82, 2.24) is 9.97 Å². The Bertz CT molecular complexity index is 1310. The van der Waals surface area contributed by atoms with Crippen LogP contribution in [0.15, 0.2) is 91.4 Å². The number of rotatable bonds is 8. The highest BCUT2D eigenvalue weighted by Crippen LogP contribution is 2.30. The average molecular weight is 467 g/mol. The summed E-state index contributed by atoms with van der Waals surface area (Å²) in [5.41, 5.74) is 11.0. The van der Waals surface area contributed by atoms with Crippen molar-refractivity contribution in [3.05, 3.63) is 114 Å². The zero-order chi connectivity index (χ0) is 24.6. The van der Waals surface area contributed by atoms with E-state index in [0.29, 0.717) is 23.2 Å². The van der Waals surface area contributed by atoms with Gasteiger partial charge in [-0.15, -0.1) is 0 Å². The van der Waals surface area contributed by atoms with Gasteiger partial charge in [-0.1, -0.05) is 24.3 Å². The van der Waals surface area contributed by atoms with E-state index in [1.807, 2.05) is 37.3 Å². The van der Waals surface area contributed by atoms with E-state index in [1.165, 1.54) is 0 Å². The Balaban J connectivity index is 1.55. The maximum Gasteiger partial charge on any atom is 0.338 e. The van der Waals surface area contributed by atoms with E-state index < -0.39 is 5.97 Å². The maximum absolute atomic E-state index is 12.8. The summed E-state index contributed by atoms with van der Waals surface area (Å²) >= 11 is 0. The van der Waals surface area contributed by atoms with Crippen LogP contribution >= 0.6 is 0 Å². The maximum atomic E-state index is 12.8. The van der Waals surface area contributed by atoms with Gasteiger partial charge < -0.3 is 15.8 Å². The quantitative estimate of drug-likeness (QED) is 0.361. The van der Waals surface area contributed by atoms with Gasteiger partial charge in [0.15, 0.2) is 0 Å². The van der Waals surface area contributed by atoms with Crippen LogP contribution in [-0.2, 0) is 11.2 Å². The van der Waals surface area contributed by atoms with Crippen molar-refractivity contribution in [3.63, 3.8) is 0 Å². The van der Waals surface area contributed by atoms with Crippen molar-refractivity contribution in [2.24, 2.45) is 5.73 Å². The van der Waals surface area contributed by atoms with E-state index in [9.17, 15) is 9.59 Å². The Morgan fingerprint density at radius 1 is 0.943 bits per heavy atom. The first kappa shape index (κ1) is 23.8. The first-order valence-corrected chi connectivity index (χ1v) is 11.3. The number of aromatic nitrogens is 2. The number of carbonyl (C=O) groups excluding carboxylic acids is 2. The molecular weight excluding hydrogens is 440 g/mol. The number of anilines is 1. The Morgan fingerprint density at radius 3 is 2.51 bits per heavy atom. The first-order chi connectivity index (χ1) is 17.0. The van der Waals surface area contributed by atoms with Crippen molar-refractivity contribution in [3.8, 4) is 11.1 Å². The molecule has 0 bridgehead atoms. The van der Waals surface area contributed by atoms with Crippen LogP contribution in [0.2, 0.25) is 0 Å². The number of nitrogens with two attached hydrogens (primary N) is 1. The highest BCUT2D eigenvalue weighted by molar-refractivity contribution is 6.05. The van der Waals surface area contributed by atoms with Gasteiger partial charge in [0.05, 0.1) is 12.2 Å². The molecule has 0 aliphatic rings. The molecule has 1 amide bonds. The molecule has 7 heteroatoms. The molecule has 2 heterocycles. The second kappa shape index (κ2) is 11.2. The second-order valence-electron chi connectivity index (χ2n) is 8.07. The van der Waals surface area contributed by atoms with E-state index in [1.54, 1.807) is 61.1 Å². The number of hydrogen-bond donors (Lipinski definition) is 2. The van der Waals surface area contributed by atoms with Crippen molar-refractivity contribution < 1.29 is 14.3 Å². The topological polar surface area (TPSA) is 107 Å². The third-order valence-corrected chi connectivity index (χ3v) is 5.47. The molecule has 2 aromatic carbocycles. The Labute approximate surface area is 204 Å². The second-order valence-corrected chi connectivity index (χ2v) is 8.07. The lowest BCUT2D eigenvalue weighted by molar-refractivity contribution is 0.0508. The number of esters is 1. The lowest BCUT2D eigenvalue weighted by Crippen LogP contribution is -2.14. The Kier molecular flexibility index (Phi) is 7.60. The molecule has 0 saturated heterocycles. The molecule has 4 rings (SSSR count).